The van der Waals surface area contributed by atoms with Gasteiger partial charge in [0, 0.05) is 57.1 Å². The maximum atomic E-state index is 4.61. The third kappa shape index (κ3) is 2.39. The molecule has 0 bridgehead atoms. The van der Waals surface area contributed by atoms with E-state index < -0.39 is 0 Å². The number of benzene rings is 2. The first kappa shape index (κ1) is 16.4. The van der Waals surface area contributed by atoms with Gasteiger partial charge >= 0.3 is 0 Å². The Morgan fingerprint density at radius 2 is 1.93 bits per heavy atom. The molecule has 0 unspecified atom stereocenters. The Labute approximate surface area is 166 Å². The summed E-state index contributed by atoms with van der Waals surface area (Å²) in [6.45, 7) is 6.70. The standard InChI is InChI=1S/C23H27N5/c1-25-11-13-27-21-9-10-26(16-19(21)18-6-4-8-22(25)23(18)27)12-14-28-20-7-3-2-5-17(20)15-24-28/h2-8,15,19,21H,9-14,16H2,1H3/t19-,21-/m0/s1. The zero-order chi connectivity index (χ0) is 18.7. The Hall–Kier alpha value is -2.53. The number of likely N-dealkylation sites (tertiary alicyclic amines) is 1. The lowest BCUT2D eigenvalue weighted by Gasteiger charge is -2.41. The van der Waals surface area contributed by atoms with Gasteiger partial charge in [-0.15, -0.1) is 0 Å². The smallest absolute Gasteiger partial charge is 0.0682 e. The van der Waals surface area contributed by atoms with Gasteiger partial charge in [-0.3, -0.25) is 4.68 Å². The number of aromatic nitrogens is 2. The molecule has 0 spiro atoms. The fourth-order valence-electron chi connectivity index (χ4n) is 5.62. The number of likely N-dealkylation sites (N-methyl/N-ethyl adjacent to an activating group) is 1. The van der Waals surface area contributed by atoms with Gasteiger partial charge in [-0.25, -0.2) is 0 Å². The highest BCUT2D eigenvalue weighted by atomic mass is 15.3. The van der Waals surface area contributed by atoms with Gasteiger partial charge in [-0.2, -0.15) is 5.10 Å². The molecule has 3 aromatic rings. The quantitative estimate of drug-likeness (QED) is 0.705. The van der Waals surface area contributed by atoms with Crippen molar-refractivity contribution in [1.29, 1.82) is 0 Å². The van der Waals surface area contributed by atoms with Crippen LogP contribution in [0.25, 0.3) is 10.9 Å². The highest BCUT2D eigenvalue weighted by Crippen LogP contribution is 2.50. The van der Waals surface area contributed by atoms with Crippen LogP contribution in [0.5, 0.6) is 0 Å². The van der Waals surface area contributed by atoms with E-state index in [9.17, 15) is 0 Å². The molecule has 28 heavy (non-hydrogen) atoms. The molecule has 4 heterocycles. The summed E-state index contributed by atoms with van der Waals surface area (Å²) < 4.78 is 2.16. The van der Waals surface area contributed by atoms with Crippen LogP contribution < -0.4 is 9.80 Å². The van der Waals surface area contributed by atoms with E-state index in [0.29, 0.717) is 12.0 Å². The Morgan fingerprint density at radius 3 is 2.89 bits per heavy atom. The van der Waals surface area contributed by atoms with Gasteiger partial charge in [0.15, 0.2) is 0 Å². The molecule has 3 aliphatic rings. The van der Waals surface area contributed by atoms with Crippen LogP contribution in [-0.4, -0.2) is 60.5 Å². The van der Waals surface area contributed by atoms with Gasteiger partial charge < -0.3 is 14.7 Å². The molecule has 144 valence electrons. The average Bonchev–Trinajstić information content (AvgIpc) is 3.29. The van der Waals surface area contributed by atoms with Gasteiger partial charge in [0.1, 0.15) is 0 Å². The minimum Gasteiger partial charge on any atom is -0.371 e. The molecule has 5 heteroatoms. The Morgan fingerprint density at radius 1 is 1.00 bits per heavy atom. The number of para-hydroxylation sites is 2. The average molecular weight is 374 g/mol. The van der Waals surface area contributed by atoms with Crippen molar-refractivity contribution >= 4 is 22.3 Å². The molecule has 1 aromatic heterocycles. The Kier molecular flexibility index (Phi) is 3.66. The Bertz CT molecular complexity index is 1020. The molecule has 3 aliphatic heterocycles. The minimum absolute atomic E-state index is 0.643. The SMILES string of the molecule is CN1CCN2c3c(cccc31)[C@@H]1CN(CCn3ncc4ccccc43)CC[C@@H]12. The van der Waals surface area contributed by atoms with Gasteiger partial charge in [0.2, 0.25) is 0 Å². The van der Waals surface area contributed by atoms with Crippen LogP contribution in [0, 0.1) is 0 Å². The number of hydrogen-bond donors (Lipinski definition) is 0. The predicted octanol–water partition coefficient (Wildman–Crippen LogP) is 3.16. The van der Waals surface area contributed by atoms with Crippen LogP contribution in [-0.2, 0) is 6.54 Å². The number of fused-ring (bicyclic) bond motifs is 4. The number of hydrogen-bond acceptors (Lipinski definition) is 4. The topological polar surface area (TPSA) is 27.5 Å². The van der Waals surface area contributed by atoms with E-state index in [4.69, 9.17) is 0 Å². The molecular formula is C23H27N5. The van der Waals surface area contributed by atoms with Crippen molar-refractivity contribution < 1.29 is 0 Å². The second-order valence-electron chi connectivity index (χ2n) is 8.52. The molecule has 6 rings (SSSR count). The lowest BCUT2D eigenvalue weighted by Crippen LogP contribution is -2.49. The summed E-state index contributed by atoms with van der Waals surface area (Å²) in [7, 11) is 2.23. The fraction of sp³-hybridized carbons (Fsp3) is 0.435. The van der Waals surface area contributed by atoms with Crippen LogP contribution in [0.15, 0.2) is 48.7 Å². The maximum absolute atomic E-state index is 4.61. The summed E-state index contributed by atoms with van der Waals surface area (Å²) in [5.74, 6) is 0.643. The highest BCUT2D eigenvalue weighted by Gasteiger charge is 2.44. The number of rotatable bonds is 3. The normalized spacial score (nSPS) is 23.9. The molecule has 5 nitrogen and oxygen atoms in total. The first-order chi connectivity index (χ1) is 13.8. The predicted molar refractivity (Wildman–Crippen MR) is 114 cm³/mol. The molecule has 0 aliphatic carbocycles. The second kappa shape index (κ2) is 6.24. The lowest BCUT2D eigenvalue weighted by atomic mass is 9.89. The van der Waals surface area contributed by atoms with E-state index in [1.165, 1.54) is 48.3 Å². The third-order valence-electron chi connectivity index (χ3n) is 7.06. The van der Waals surface area contributed by atoms with Gasteiger partial charge in [0.25, 0.3) is 0 Å². The van der Waals surface area contributed by atoms with E-state index in [1.807, 2.05) is 6.20 Å². The summed E-state index contributed by atoms with van der Waals surface area (Å²) in [4.78, 5) is 7.79. The molecule has 1 saturated heterocycles. The first-order valence-electron chi connectivity index (χ1n) is 10.5. The number of anilines is 2. The van der Waals surface area contributed by atoms with E-state index in [1.54, 1.807) is 5.56 Å². The van der Waals surface area contributed by atoms with Crippen molar-refractivity contribution in [2.75, 3.05) is 49.6 Å². The summed E-state index contributed by atoms with van der Waals surface area (Å²) in [5, 5.41) is 5.84. The van der Waals surface area contributed by atoms with Crippen molar-refractivity contribution in [2.45, 2.75) is 24.9 Å². The molecule has 1 fully saturated rings. The van der Waals surface area contributed by atoms with E-state index in [-0.39, 0.29) is 0 Å². The van der Waals surface area contributed by atoms with Crippen molar-refractivity contribution in [1.82, 2.24) is 14.7 Å². The van der Waals surface area contributed by atoms with E-state index >= 15 is 0 Å². The monoisotopic (exact) mass is 373 g/mol. The molecule has 0 radical (unpaired) electrons. The van der Waals surface area contributed by atoms with Crippen LogP contribution >= 0.6 is 0 Å². The van der Waals surface area contributed by atoms with Crippen molar-refractivity contribution in [3.05, 3.63) is 54.2 Å². The van der Waals surface area contributed by atoms with E-state index in [2.05, 4.69) is 74.0 Å². The van der Waals surface area contributed by atoms with Gasteiger partial charge in [-0.05, 0) is 24.1 Å². The van der Waals surface area contributed by atoms with Gasteiger partial charge in [-0.1, -0.05) is 30.3 Å². The second-order valence-corrected chi connectivity index (χ2v) is 8.52. The third-order valence-corrected chi connectivity index (χ3v) is 7.06. The number of piperidine rings is 1. The molecule has 0 N–H and O–H groups in total. The van der Waals surface area contributed by atoms with Crippen LogP contribution in [0.1, 0.15) is 17.9 Å². The van der Waals surface area contributed by atoms with Crippen molar-refractivity contribution in [3.63, 3.8) is 0 Å². The highest BCUT2D eigenvalue weighted by molar-refractivity contribution is 5.81. The zero-order valence-electron chi connectivity index (χ0n) is 16.5. The first-order valence-corrected chi connectivity index (χ1v) is 10.5. The molecule has 2 aromatic carbocycles. The van der Waals surface area contributed by atoms with Crippen molar-refractivity contribution in [3.8, 4) is 0 Å². The zero-order valence-corrected chi connectivity index (χ0v) is 16.5. The van der Waals surface area contributed by atoms with Crippen LogP contribution in [0.3, 0.4) is 0 Å². The number of nitrogens with zero attached hydrogens (tertiary/aromatic N) is 5. The minimum atomic E-state index is 0.643. The summed E-state index contributed by atoms with van der Waals surface area (Å²) in [6.07, 6.45) is 3.25. The maximum Gasteiger partial charge on any atom is 0.0682 e. The molecule has 0 saturated carbocycles. The molecular weight excluding hydrogens is 346 g/mol. The fourth-order valence-corrected chi connectivity index (χ4v) is 5.62. The summed E-state index contributed by atoms with van der Waals surface area (Å²) in [6, 6.07) is 16.1. The van der Waals surface area contributed by atoms with Crippen molar-refractivity contribution in [2.24, 2.45) is 0 Å². The lowest BCUT2D eigenvalue weighted by molar-refractivity contribution is 0.186. The molecule has 0 amide bonds. The summed E-state index contributed by atoms with van der Waals surface area (Å²) >= 11 is 0. The summed E-state index contributed by atoms with van der Waals surface area (Å²) in [5.41, 5.74) is 5.76. The van der Waals surface area contributed by atoms with Crippen LogP contribution in [0.2, 0.25) is 0 Å². The van der Waals surface area contributed by atoms with Crippen LogP contribution in [0.4, 0.5) is 11.4 Å². The van der Waals surface area contributed by atoms with Gasteiger partial charge in [0.05, 0.1) is 29.6 Å². The largest absolute Gasteiger partial charge is 0.371 e. The molecule has 2 atom stereocenters. The van der Waals surface area contributed by atoms with E-state index in [0.717, 1.165) is 19.6 Å². The Balaban J connectivity index is 1.22.